The van der Waals surface area contributed by atoms with Gasteiger partial charge in [0.05, 0.1) is 17.7 Å². The van der Waals surface area contributed by atoms with Crippen molar-refractivity contribution in [3.8, 4) is 0 Å². The van der Waals surface area contributed by atoms with Crippen LogP contribution in [0.2, 0.25) is 0 Å². The van der Waals surface area contributed by atoms with Crippen LogP contribution in [0.4, 0.5) is 0 Å². The minimum absolute atomic E-state index is 0.256. The standard InChI is InChI=1S/C13H17NO2.C7H6O2/c1-2-14-10-6-7-11-16-13(15)12-8-4-3-5-9-12;8-7(9)6-4-2-1-3-5-6/h3-5,8-10H,2,6-7,11H2,1H3;1-5H,(H,8,9). The Labute approximate surface area is 148 Å². The number of rotatable bonds is 7. The van der Waals surface area contributed by atoms with Gasteiger partial charge in [0, 0.05) is 6.54 Å². The minimum Gasteiger partial charge on any atom is -0.478 e. The van der Waals surface area contributed by atoms with E-state index in [1.165, 1.54) is 0 Å². The van der Waals surface area contributed by atoms with Crippen molar-refractivity contribution in [2.24, 2.45) is 4.99 Å². The third kappa shape index (κ3) is 9.05. The van der Waals surface area contributed by atoms with E-state index in [4.69, 9.17) is 9.84 Å². The van der Waals surface area contributed by atoms with Crippen LogP contribution in [0.3, 0.4) is 0 Å². The first kappa shape index (κ1) is 20.1. The van der Waals surface area contributed by atoms with Gasteiger partial charge >= 0.3 is 11.9 Å². The molecule has 2 aromatic rings. The summed E-state index contributed by atoms with van der Waals surface area (Å²) in [4.78, 5) is 25.8. The fraction of sp³-hybridized carbons (Fsp3) is 0.250. The Kier molecular flexibility index (Phi) is 10.0. The number of esters is 1. The Hall–Kier alpha value is -2.95. The first-order valence-electron chi connectivity index (χ1n) is 8.14. The van der Waals surface area contributed by atoms with Crippen LogP contribution in [0.15, 0.2) is 65.7 Å². The van der Waals surface area contributed by atoms with Gasteiger partial charge in [-0.25, -0.2) is 9.59 Å². The number of nitrogens with zero attached hydrogens (tertiary/aromatic N) is 1. The van der Waals surface area contributed by atoms with Gasteiger partial charge in [-0.05, 0) is 50.2 Å². The van der Waals surface area contributed by atoms with Crippen molar-refractivity contribution in [2.45, 2.75) is 19.8 Å². The van der Waals surface area contributed by atoms with Crippen LogP contribution in [0.5, 0.6) is 0 Å². The lowest BCUT2D eigenvalue weighted by Crippen LogP contribution is -2.06. The summed E-state index contributed by atoms with van der Waals surface area (Å²) in [5.74, 6) is -1.14. The molecule has 1 N–H and O–H groups in total. The number of benzene rings is 2. The van der Waals surface area contributed by atoms with E-state index in [1.54, 1.807) is 42.5 Å². The molecule has 0 aromatic heterocycles. The second-order valence-corrected chi connectivity index (χ2v) is 5.00. The van der Waals surface area contributed by atoms with Gasteiger partial charge in [0.25, 0.3) is 0 Å². The first-order chi connectivity index (χ1) is 12.1. The van der Waals surface area contributed by atoms with E-state index in [2.05, 4.69) is 4.99 Å². The maximum absolute atomic E-state index is 11.5. The van der Waals surface area contributed by atoms with Crippen molar-refractivity contribution in [2.75, 3.05) is 13.2 Å². The Morgan fingerprint density at radius 1 is 1.00 bits per heavy atom. The number of ether oxygens (including phenoxy) is 1. The molecule has 0 saturated heterocycles. The molecule has 0 aliphatic heterocycles. The SMILES string of the molecule is CCN=CCCCOC(=O)c1ccccc1.O=C(O)c1ccccc1. The molecule has 0 bridgehead atoms. The van der Waals surface area contributed by atoms with E-state index in [1.807, 2.05) is 31.3 Å². The van der Waals surface area contributed by atoms with Gasteiger partial charge in [-0.3, -0.25) is 4.99 Å². The van der Waals surface area contributed by atoms with E-state index in [-0.39, 0.29) is 5.97 Å². The number of carbonyl (C=O) groups excluding carboxylic acids is 1. The van der Waals surface area contributed by atoms with Crippen LogP contribution >= 0.6 is 0 Å². The Balaban J connectivity index is 0.000000293. The van der Waals surface area contributed by atoms with E-state index in [0.717, 1.165) is 19.4 Å². The van der Waals surface area contributed by atoms with Crippen molar-refractivity contribution in [1.82, 2.24) is 0 Å². The summed E-state index contributed by atoms with van der Waals surface area (Å²) in [6, 6.07) is 17.3. The lowest BCUT2D eigenvalue weighted by atomic mass is 10.2. The molecule has 0 unspecified atom stereocenters. The molecule has 132 valence electrons. The summed E-state index contributed by atoms with van der Waals surface area (Å²) in [5.41, 5.74) is 0.933. The average Bonchev–Trinajstić information content (AvgIpc) is 2.66. The Bertz CT molecular complexity index is 654. The number of hydrogen-bond acceptors (Lipinski definition) is 4. The smallest absolute Gasteiger partial charge is 0.338 e. The van der Waals surface area contributed by atoms with Gasteiger partial charge in [0.1, 0.15) is 0 Å². The second-order valence-electron chi connectivity index (χ2n) is 5.00. The van der Waals surface area contributed by atoms with Crippen molar-refractivity contribution < 1.29 is 19.4 Å². The number of aromatic carboxylic acids is 1. The topological polar surface area (TPSA) is 76.0 Å². The maximum atomic E-state index is 11.5. The largest absolute Gasteiger partial charge is 0.478 e. The summed E-state index contributed by atoms with van der Waals surface area (Å²) < 4.78 is 5.11. The van der Waals surface area contributed by atoms with Crippen molar-refractivity contribution >= 4 is 18.2 Å². The van der Waals surface area contributed by atoms with Gasteiger partial charge in [0.2, 0.25) is 0 Å². The molecule has 0 radical (unpaired) electrons. The van der Waals surface area contributed by atoms with Gasteiger partial charge < -0.3 is 9.84 Å². The zero-order chi connectivity index (χ0) is 18.3. The van der Waals surface area contributed by atoms with Crippen molar-refractivity contribution in [3.63, 3.8) is 0 Å². The third-order valence-corrected chi connectivity index (χ3v) is 3.05. The lowest BCUT2D eigenvalue weighted by molar-refractivity contribution is 0.0502. The van der Waals surface area contributed by atoms with E-state index in [9.17, 15) is 9.59 Å². The Morgan fingerprint density at radius 3 is 2.04 bits per heavy atom. The number of unbranched alkanes of at least 4 members (excludes halogenated alkanes) is 1. The summed E-state index contributed by atoms with van der Waals surface area (Å²) in [6.07, 6.45) is 3.55. The number of aliphatic imine (C=N–C) groups is 1. The van der Waals surface area contributed by atoms with Crippen LogP contribution in [-0.2, 0) is 4.74 Å². The zero-order valence-corrected chi connectivity index (χ0v) is 14.3. The van der Waals surface area contributed by atoms with Crippen molar-refractivity contribution in [3.05, 3.63) is 71.8 Å². The normalized spacial score (nSPS) is 9.96. The van der Waals surface area contributed by atoms with E-state index in [0.29, 0.717) is 17.7 Å². The van der Waals surface area contributed by atoms with Crippen LogP contribution in [0, 0.1) is 0 Å². The molecule has 2 aromatic carbocycles. The van der Waals surface area contributed by atoms with E-state index < -0.39 is 5.97 Å². The fourth-order valence-electron chi connectivity index (χ4n) is 1.80. The average molecular weight is 341 g/mol. The molecule has 0 fully saturated rings. The molecule has 5 nitrogen and oxygen atoms in total. The molecule has 0 heterocycles. The highest BCUT2D eigenvalue weighted by Crippen LogP contribution is 2.01. The van der Waals surface area contributed by atoms with Crippen LogP contribution < -0.4 is 0 Å². The van der Waals surface area contributed by atoms with Crippen LogP contribution in [0.25, 0.3) is 0 Å². The molecule has 0 aliphatic rings. The highest BCUT2D eigenvalue weighted by Gasteiger charge is 2.04. The molecule has 0 atom stereocenters. The molecular formula is C20H23NO4. The zero-order valence-electron chi connectivity index (χ0n) is 14.3. The molecule has 25 heavy (non-hydrogen) atoms. The summed E-state index contributed by atoms with van der Waals surface area (Å²) in [7, 11) is 0. The number of hydrogen-bond donors (Lipinski definition) is 1. The highest BCUT2D eigenvalue weighted by atomic mass is 16.5. The summed E-state index contributed by atoms with van der Waals surface area (Å²) in [6.45, 7) is 3.25. The molecule has 0 spiro atoms. The fourth-order valence-corrected chi connectivity index (χ4v) is 1.80. The van der Waals surface area contributed by atoms with Crippen molar-refractivity contribution in [1.29, 1.82) is 0 Å². The first-order valence-corrected chi connectivity index (χ1v) is 8.14. The van der Waals surface area contributed by atoms with Crippen LogP contribution in [-0.4, -0.2) is 36.4 Å². The second kappa shape index (κ2) is 12.5. The monoisotopic (exact) mass is 341 g/mol. The van der Waals surface area contributed by atoms with Gasteiger partial charge in [0.15, 0.2) is 0 Å². The summed E-state index contributed by atoms with van der Waals surface area (Å²) >= 11 is 0. The molecule has 0 amide bonds. The molecular weight excluding hydrogens is 318 g/mol. The highest BCUT2D eigenvalue weighted by molar-refractivity contribution is 5.89. The molecule has 0 saturated carbocycles. The molecule has 0 aliphatic carbocycles. The third-order valence-electron chi connectivity index (χ3n) is 3.05. The lowest BCUT2D eigenvalue weighted by Gasteiger charge is -2.02. The molecule has 5 heteroatoms. The van der Waals surface area contributed by atoms with Gasteiger partial charge in [-0.2, -0.15) is 0 Å². The Morgan fingerprint density at radius 2 is 1.56 bits per heavy atom. The van der Waals surface area contributed by atoms with Crippen LogP contribution in [0.1, 0.15) is 40.5 Å². The minimum atomic E-state index is -0.879. The molecule has 2 rings (SSSR count). The summed E-state index contributed by atoms with van der Waals surface area (Å²) in [5, 5.41) is 8.38. The number of carboxylic acids is 1. The predicted octanol–water partition coefficient (Wildman–Crippen LogP) is 4.10. The van der Waals surface area contributed by atoms with Gasteiger partial charge in [-0.15, -0.1) is 0 Å². The van der Waals surface area contributed by atoms with E-state index >= 15 is 0 Å². The maximum Gasteiger partial charge on any atom is 0.338 e. The van der Waals surface area contributed by atoms with Gasteiger partial charge in [-0.1, -0.05) is 36.4 Å². The quantitative estimate of drug-likeness (QED) is 0.467. The number of carboxylic acid groups (broad SMARTS) is 1. The number of carbonyl (C=O) groups is 2. The predicted molar refractivity (Wildman–Crippen MR) is 98.4 cm³/mol.